The van der Waals surface area contributed by atoms with Gasteiger partial charge in [-0.15, -0.1) is 0 Å². The number of aromatic amines is 1. The molecule has 2 N–H and O–H groups in total. The Bertz CT molecular complexity index is 959. The maximum absolute atomic E-state index is 11.8. The van der Waals surface area contributed by atoms with Crippen LogP contribution in [-0.4, -0.2) is 48.5 Å². The van der Waals surface area contributed by atoms with Gasteiger partial charge in [0.25, 0.3) is 0 Å². The number of nitrogens with one attached hydrogen (secondary N) is 2. The number of fused-ring (bicyclic) bond motifs is 1. The first-order valence-electron chi connectivity index (χ1n) is 9.49. The molecule has 0 bridgehead atoms. The lowest BCUT2D eigenvalue weighted by atomic mass is 10.2. The fraction of sp³-hybridized carbons (Fsp3) is 0.333. The third-order valence-electron chi connectivity index (χ3n) is 4.59. The van der Waals surface area contributed by atoms with Crippen molar-refractivity contribution in [1.82, 2.24) is 9.97 Å². The van der Waals surface area contributed by atoms with Crippen molar-refractivity contribution in [3.8, 4) is 11.4 Å². The van der Waals surface area contributed by atoms with Crippen molar-refractivity contribution < 1.29 is 14.3 Å². The van der Waals surface area contributed by atoms with E-state index in [1.807, 2.05) is 32.0 Å². The quantitative estimate of drug-likeness (QED) is 0.715. The van der Waals surface area contributed by atoms with Crippen LogP contribution in [0.4, 0.5) is 16.2 Å². The second-order valence-electron chi connectivity index (χ2n) is 7.04. The number of imidazole rings is 1. The predicted octanol–water partition coefficient (Wildman–Crippen LogP) is 4.02. The molecule has 0 unspecified atom stereocenters. The van der Waals surface area contributed by atoms with E-state index in [1.165, 1.54) is 5.69 Å². The number of aromatic nitrogens is 2. The Kier molecular flexibility index (Phi) is 5.16. The van der Waals surface area contributed by atoms with Crippen molar-refractivity contribution in [2.24, 2.45) is 0 Å². The first-order valence-corrected chi connectivity index (χ1v) is 9.49. The number of nitrogens with zero attached hydrogens (tertiary/aromatic N) is 2. The Balaban J connectivity index is 1.51. The molecular formula is C21H24N4O3. The van der Waals surface area contributed by atoms with Gasteiger partial charge in [-0.25, -0.2) is 9.78 Å². The number of hydrogen-bond donors (Lipinski definition) is 2. The molecule has 0 spiro atoms. The van der Waals surface area contributed by atoms with E-state index in [1.54, 1.807) is 0 Å². The van der Waals surface area contributed by atoms with Gasteiger partial charge in [0.1, 0.15) is 5.82 Å². The molecule has 7 nitrogen and oxygen atoms in total. The number of hydrogen-bond acceptors (Lipinski definition) is 5. The van der Waals surface area contributed by atoms with E-state index in [0.29, 0.717) is 5.69 Å². The zero-order valence-electron chi connectivity index (χ0n) is 16.1. The van der Waals surface area contributed by atoms with Crippen LogP contribution in [0.3, 0.4) is 0 Å². The molecule has 1 saturated heterocycles. The van der Waals surface area contributed by atoms with Crippen LogP contribution >= 0.6 is 0 Å². The van der Waals surface area contributed by atoms with Crippen molar-refractivity contribution in [2.45, 2.75) is 20.0 Å². The fourth-order valence-electron chi connectivity index (χ4n) is 3.24. The molecule has 146 valence electrons. The van der Waals surface area contributed by atoms with E-state index in [4.69, 9.17) is 9.47 Å². The van der Waals surface area contributed by atoms with Gasteiger partial charge in [0, 0.05) is 30.0 Å². The summed E-state index contributed by atoms with van der Waals surface area (Å²) in [5.41, 5.74) is 4.57. The fourth-order valence-corrected chi connectivity index (χ4v) is 3.24. The third-order valence-corrected chi connectivity index (χ3v) is 4.59. The monoisotopic (exact) mass is 380 g/mol. The van der Waals surface area contributed by atoms with Gasteiger partial charge in [-0.05, 0) is 56.3 Å². The molecule has 1 aliphatic rings. The van der Waals surface area contributed by atoms with Crippen molar-refractivity contribution in [3.05, 3.63) is 42.5 Å². The van der Waals surface area contributed by atoms with Crippen LogP contribution in [0.5, 0.6) is 0 Å². The number of carbonyl (C=O) groups is 1. The summed E-state index contributed by atoms with van der Waals surface area (Å²) in [6, 6.07) is 13.9. The molecule has 7 heteroatoms. The Morgan fingerprint density at radius 2 is 1.93 bits per heavy atom. The summed E-state index contributed by atoms with van der Waals surface area (Å²) in [5.74, 6) is 0.797. The molecular weight excluding hydrogens is 356 g/mol. The molecule has 0 saturated carbocycles. The highest BCUT2D eigenvalue weighted by Gasteiger charge is 2.12. The Labute approximate surface area is 163 Å². The third kappa shape index (κ3) is 4.09. The van der Waals surface area contributed by atoms with Gasteiger partial charge in [-0.2, -0.15) is 0 Å². The lowest BCUT2D eigenvalue weighted by Gasteiger charge is -2.28. The number of benzene rings is 2. The highest BCUT2D eigenvalue weighted by molar-refractivity contribution is 5.89. The van der Waals surface area contributed by atoms with Crippen LogP contribution in [0.25, 0.3) is 22.4 Å². The molecule has 0 aliphatic carbocycles. The molecule has 2 heterocycles. The minimum Gasteiger partial charge on any atom is -0.447 e. The average molecular weight is 380 g/mol. The lowest BCUT2D eigenvalue weighted by molar-refractivity contribution is 0.122. The summed E-state index contributed by atoms with van der Waals surface area (Å²) in [4.78, 5) is 22.1. The van der Waals surface area contributed by atoms with Crippen LogP contribution in [0.2, 0.25) is 0 Å². The molecule has 0 atom stereocenters. The smallest absolute Gasteiger partial charge is 0.411 e. The second-order valence-corrected chi connectivity index (χ2v) is 7.04. The van der Waals surface area contributed by atoms with Gasteiger partial charge >= 0.3 is 6.09 Å². The van der Waals surface area contributed by atoms with Gasteiger partial charge in [-0.1, -0.05) is 0 Å². The molecule has 28 heavy (non-hydrogen) atoms. The Hall–Kier alpha value is -3.06. The summed E-state index contributed by atoms with van der Waals surface area (Å²) in [6.45, 7) is 7.00. The normalized spacial score (nSPS) is 14.5. The maximum atomic E-state index is 11.8. The predicted molar refractivity (Wildman–Crippen MR) is 110 cm³/mol. The topological polar surface area (TPSA) is 79.5 Å². The highest BCUT2D eigenvalue weighted by Crippen LogP contribution is 2.25. The van der Waals surface area contributed by atoms with Gasteiger partial charge < -0.3 is 19.4 Å². The van der Waals surface area contributed by atoms with Crippen LogP contribution in [-0.2, 0) is 9.47 Å². The molecule has 1 aromatic heterocycles. The van der Waals surface area contributed by atoms with E-state index in [9.17, 15) is 4.79 Å². The molecule has 4 rings (SSSR count). The van der Waals surface area contributed by atoms with Gasteiger partial charge in [0.15, 0.2) is 0 Å². The number of amides is 1. The highest BCUT2D eigenvalue weighted by atomic mass is 16.6. The van der Waals surface area contributed by atoms with Gasteiger partial charge in [0.05, 0.1) is 30.4 Å². The number of rotatable bonds is 4. The van der Waals surface area contributed by atoms with Gasteiger partial charge in [0.2, 0.25) is 0 Å². The van der Waals surface area contributed by atoms with E-state index in [-0.39, 0.29) is 6.10 Å². The van der Waals surface area contributed by atoms with E-state index in [2.05, 4.69) is 44.5 Å². The molecule has 1 fully saturated rings. The lowest BCUT2D eigenvalue weighted by Crippen LogP contribution is -2.36. The first kappa shape index (κ1) is 18.3. The largest absolute Gasteiger partial charge is 0.447 e. The minimum atomic E-state index is -0.465. The van der Waals surface area contributed by atoms with Crippen LogP contribution < -0.4 is 10.2 Å². The summed E-state index contributed by atoms with van der Waals surface area (Å²) in [6.07, 6.45) is -0.629. The number of ether oxygens (including phenoxy) is 2. The number of carbonyl (C=O) groups excluding carboxylic acids is 1. The van der Waals surface area contributed by atoms with Crippen molar-refractivity contribution in [3.63, 3.8) is 0 Å². The van der Waals surface area contributed by atoms with E-state index < -0.39 is 6.09 Å². The summed E-state index contributed by atoms with van der Waals surface area (Å²) in [5, 5.41) is 2.73. The molecule has 1 aliphatic heterocycles. The van der Waals surface area contributed by atoms with Crippen molar-refractivity contribution >= 4 is 28.5 Å². The zero-order valence-corrected chi connectivity index (χ0v) is 16.1. The van der Waals surface area contributed by atoms with Crippen LogP contribution in [0.15, 0.2) is 42.5 Å². The molecule has 1 amide bonds. The van der Waals surface area contributed by atoms with E-state index in [0.717, 1.165) is 48.7 Å². The SMILES string of the molecule is CC(C)OC(=O)Nc1ccc2nc(-c3ccc(N4CCOCC4)cc3)[nH]c2c1. The van der Waals surface area contributed by atoms with Crippen molar-refractivity contribution in [1.29, 1.82) is 0 Å². The average Bonchev–Trinajstić information content (AvgIpc) is 3.11. The number of morpholine rings is 1. The van der Waals surface area contributed by atoms with E-state index >= 15 is 0 Å². The van der Waals surface area contributed by atoms with Crippen molar-refractivity contribution in [2.75, 3.05) is 36.5 Å². The van der Waals surface area contributed by atoms with Gasteiger partial charge in [-0.3, -0.25) is 5.32 Å². The summed E-state index contributed by atoms with van der Waals surface area (Å²) >= 11 is 0. The number of anilines is 2. The second kappa shape index (κ2) is 7.90. The summed E-state index contributed by atoms with van der Waals surface area (Å²) < 4.78 is 10.5. The number of H-pyrrole nitrogens is 1. The van der Waals surface area contributed by atoms with Crippen LogP contribution in [0.1, 0.15) is 13.8 Å². The van der Waals surface area contributed by atoms with Crippen LogP contribution in [0, 0.1) is 0 Å². The first-order chi connectivity index (χ1) is 13.6. The Morgan fingerprint density at radius 1 is 1.18 bits per heavy atom. The summed E-state index contributed by atoms with van der Waals surface area (Å²) in [7, 11) is 0. The standard InChI is InChI=1S/C21H24N4O3/c1-14(2)28-21(26)22-16-5-8-18-19(13-16)24-20(23-18)15-3-6-17(7-4-15)25-9-11-27-12-10-25/h3-8,13-14H,9-12H2,1-2H3,(H,22,26)(H,23,24). The molecule has 2 aromatic carbocycles. The Morgan fingerprint density at radius 3 is 2.64 bits per heavy atom. The molecule has 0 radical (unpaired) electrons. The molecule has 3 aromatic rings. The minimum absolute atomic E-state index is 0.164. The maximum Gasteiger partial charge on any atom is 0.411 e. The zero-order chi connectivity index (χ0) is 19.5.